The second-order valence-corrected chi connectivity index (χ2v) is 5.46. The third-order valence-electron chi connectivity index (χ3n) is 3.40. The number of ether oxygens (including phenoxy) is 1. The minimum absolute atomic E-state index is 0.0325. The molecule has 138 valence electrons. The quantitative estimate of drug-likeness (QED) is 0.491. The molecule has 0 amide bonds. The zero-order chi connectivity index (χ0) is 19.4. The van der Waals surface area contributed by atoms with E-state index in [0.29, 0.717) is 0 Å². The lowest BCUT2D eigenvalue weighted by Gasteiger charge is -2.09. The second-order valence-electron chi connectivity index (χ2n) is 5.46. The summed E-state index contributed by atoms with van der Waals surface area (Å²) in [5, 5.41) is 0. The summed E-state index contributed by atoms with van der Waals surface area (Å²) in [6.07, 6.45) is -1.04. The summed E-state index contributed by atoms with van der Waals surface area (Å²) in [7, 11) is 0. The van der Waals surface area contributed by atoms with Crippen LogP contribution in [0.4, 0.5) is 17.6 Å². The van der Waals surface area contributed by atoms with Gasteiger partial charge in [-0.15, -0.1) is 0 Å². The Hall–Kier alpha value is -3.36. The lowest BCUT2D eigenvalue weighted by molar-refractivity contribution is -0.141. The van der Waals surface area contributed by atoms with Gasteiger partial charge in [-0.3, -0.25) is 4.79 Å². The molecular formula is C18H11F4N3O2. The van der Waals surface area contributed by atoms with Crippen molar-refractivity contribution in [3.05, 3.63) is 77.9 Å². The summed E-state index contributed by atoms with van der Waals surface area (Å²) in [6, 6.07) is 6.59. The van der Waals surface area contributed by atoms with Crippen LogP contribution in [0, 0.1) is 5.82 Å². The molecule has 0 radical (unpaired) electrons. The van der Waals surface area contributed by atoms with Crippen molar-refractivity contribution in [1.29, 1.82) is 0 Å². The number of pyridine rings is 1. The number of nitrogens with zero attached hydrogens (tertiary/aromatic N) is 3. The summed E-state index contributed by atoms with van der Waals surface area (Å²) in [5.74, 6) is -1.06. The van der Waals surface area contributed by atoms with Crippen molar-refractivity contribution in [2.45, 2.75) is 12.6 Å². The zero-order valence-corrected chi connectivity index (χ0v) is 13.6. The fourth-order valence-electron chi connectivity index (χ4n) is 2.26. The molecule has 5 nitrogen and oxygen atoms in total. The van der Waals surface area contributed by atoms with Crippen molar-refractivity contribution in [3.8, 4) is 11.5 Å². The first-order valence-corrected chi connectivity index (χ1v) is 7.61. The Labute approximate surface area is 150 Å². The van der Waals surface area contributed by atoms with Crippen LogP contribution in [0.2, 0.25) is 0 Å². The van der Waals surface area contributed by atoms with E-state index in [1.807, 2.05) is 0 Å². The fourth-order valence-corrected chi connectivity index (χ4v) is 2.26. The van der Waals surface area contributed by atoms with Gasteiger partial charge in [-0.05, 0) is 24.3 Å². The van der Waals surface area contributed by atoms with Crippen LogP contribution in [0.3, 0.4) is 0 Å². The van der Waals surface area contributed by atoms with Crippen LogP contribution < -0.4 is 4.74 Å². The SMILES string of the molecule is O=C(Cc1cccc(C(F)(F)F)n1)c1cc(F)cc(Oc2cncnc2)c1. The first kappa shape index (κ1) is 18.4. The highest BCUT2D eigenvalue weighted by Crippen LogP contribution is 2.28. The molecule has 9 heteroatoms. The lowest BCUT2D eigenvalue weighted by atomic mass is 10.1. The molecule has 2 heterocycles. The van der Waals surface area contributed by atoms with Gasteiger partial charge in [0.05, 0.1) is 18.8 Å². The average Bonchev–Trinajstić information content (AvgIpc) is 2.61. The highest BCUT2D eigenvalue weighted by atomic mass is 19.4. The highest BCUT2D eigenvalue weighted by molar-refractivity contribution is 5.97. The summed E-state index contributed by atoms with van der Waals surface area (Å²) in [6.45, 7) is 0. The van der Waals surface area contributed by atoms with Gasteiger partial charge in [-0.25, -0.2) is 19.3 Å². The van der Waals surface area contributed by atoms with Crippen molar-refractivity contribution in [2.24, 2.45) is 0 Å². The number of ketones is 1. The van der Waals surface area contributed by atoms with Crippen molar-refractivity contribution in [2.75, 3.05) is 0 Å². The minimum Gasteiger partial charge on any atom is -0.454 e. The molecule has 0 atom stereocenters. The Kier molecular flexibility index (Phi) is 5.11. The predicted molar refractivity (Wildman–Crippen MR) is 85.8 cm³/mol. The molecule has 0 bridgehead atoms. The van der Waals surface area contributed by atoms with Gasteiger partial charge in [0, 0.05) is 17.3 Å². The molecule has 0 aliphatic heterocycles. The number of hydrogen-bond acceptors (Lipinski definition) is 5. The van der Waals surface area contributed by atoms with Gasteiger partial charge in [0.1, 0.15) is 23.6 Å². The third kappa shape index (κ3) is 4.84. The topological polar surface area (TPSA) is 65.0 Å². The number of carbonyl (C=O) groups is 1. The molecule has 27 heavy (non-hydrogen) atoms. The van der Waals surface area contributed by atoms with E-state index in [0.717, 1.165) is 24.3 Å². The van der Waals surface area contributed by atoms with Gasteiger partial charge >= 0.3 is 6.18 Å². The van der Waals surface area contributed by atoms with Gasteiger partial charge in [0.15, 0.2) is 11.5 Å². The largest absolute Gasteiger partial charge is 0.454 e. The van der Waals surface area contributed by atoms with Crippen molar-refractivity contribution < 1.29 is 27.1 Å². The molecule has 0 saturated heterocycles. The summed E-state index contributed by atoms with van der Waals surface area (Å²) >= 11 is 0. The maximum Gasteiger partial charge on any atom is 0.433 e. The van der Waals surface area contributed by atoms with Crippen LogP contribution in [0.25, 0.3) is 0 Å². The van der Waals surface area contributed by atoms with Crippen LogP contribution in [0.5, 0.6) is 11.5 Å². The van der Waals surface area contributed by atoms with Crippen LogP contribution in [-0.2, 0) is 12.6 Å². The Morgan fingerprint density at radius 3 is 2.48 bits per heavy atom. The van der Waals surface area contributed by atoms with E-state index in [4.69, 9.17) is 4.74 Å². The van der Waals surface area contributed by atoms with E-state index in [-0.39, 0.29) is 22.8 Å². The van der Waals surface area contributed by atoms with Gasteiger partial charge in [0.2, 0.25) is 0 Å². The predicted octanol–water partition coefficient (Wildman–Crippen LogP) is 4.25. The summed E-state index contributed by atoms with van der Waals surface area (Å²) in [4.78, 5) is 23.3. The van der Waals surface area contributed by atoms with E-state index in [1.54, 1.807) is 0 Å². The van der Waals surface area contributed by atoms with Gasteiger partial charge in [0.25, 0.3) is 0 Å². The monoisotopic (exact) mass is 377 g/mol. The van der Waals surface area contributed by atoms with Crippen molar-refractivity contribution in [3.63, 3.8) is 0 Å². The molecule has 3 aromatic rings. The highest BCUT2D eigenvalue weighted by Gasteiger charge is 2.32. The molecule has 0 unspecified atom stereocenters. The molecule has 0 N–H and O–H groups in total. The number of benzene rings is 1. The maximum absolute atomic E-state index is 13.8. The molecule has 2 aromatic heterocycles. The zero-order valence-electron chi connectivity index (χ0n) is 13.6. The first-order chi connectivity index (χ1) is 12.8. The van der Waals surface area contributed by atoms with E-state index in [2.05, 4.69) is 15.0 Å². The van der Waals surface area contributed by atoms with Gasteiger partial charge in [-0.1, -0.05) is 6.07 Å². The third-order valence-corrected chi connectivity index (χ3v) is 3.40. The smallest absolute Gasteiger partial charge is 0.433 e. The second kappa shape index (κ2) is 7.48. The molecule has 0 spiro atoms. The number of hydrogen-bond donors (Lipinski definition) is 0. The fraction of sp³-hybridized carbons (Fsp3) is 0.111. The number of carbonyl (C=O) groups excluding carboxylic acids is 1. The average molecular weight is 377 g/mol. The minimum atomic E-state index is -4.61. The number of Topliss-reactive ketones (excluding diaryl/α,β-unsaturated/α-hetero) is 1. The molecule has 1 aromatic carbocycles. The van der Waals surface area contributed by atoms with Crippen molar-refractivity contribution in [1.82, 2.24) is 15.0 Å². The molecule has 0 aliphatic carbocycles. The van der Waals surface area contributed by atoms with E-state index >= 15 is 0 Å². The van der Waals surface area contributed by atoms with Crippen LogP contribution in [-0.4, -0.2) is 20.7 Å². The van der Waals surface area contributed by atoms with Crippen LogP contribution in [0.15, 0.2) is 55.1 Å². The Bertz CT molecular complexity index is 962. The first-order valence-electron chi connectivity index (χ1n) is 7.61. The van der Waals surface area contributed by atoms with E-state index in [1.165, 1.54) is 30.9 Å². The standard InChI is InChI=1S/C18H11F4N3O2/c19-12-4-11(5-14(6-12)27-15-8-23-10-24-9-15)16(26)7-13-2-1-3-17(25-13)18(20,21)22/h1-6,8-10H,7H2. The number of aromatic nitrogens is 3. The van der Waals surface area contributed by atoms with Crippen LogP contribution >= 0.6 is 0 Å². The Morgan fingerprint density at radius 2 is 1.78 bits per heavy atom. The number of alkyl halides is 3. The normalized spacial score (nSPS) is 11.3. The Balaban J connectivity index is 1.81. The maximum atomic E-state index is 13.8. The molecule has 0 saturated carbocycles. The molecule has 3 rings (SSSR count). The van der Waals surface area contributed by atoms with Gasteiger partial charge in [-0.2, -0.15) is 13.2 Å². The summed E-state index contributed by atoms with van der Waals surface area (Å²) < 4.78 is 57.4. The summed E-state index contributed by atoms with van der Waals surface area (Å²) in [5.41, 5.74) is -1.22. The molecular weight excluding hydrogens is 366 g/mol. The number of rotatable bonds is 5. The van der Waals surface area contributed by atoms with Crippen molar-refractivity contribution >= 4 is 5.78 Å². The van der Waals surface area contributed by atoms with E-state index < -0.39 is 29.9 Å². The number of halogens is 4. The Morgan fingerprint density at radius 1 is 1.04 bits per heavy atom. The molecule has 0 fully saturated rings. The lowest BCUT2D eigenvalue weighted by Crippen LogP contribution is -2.11. The van der Waals surface area contributed by atoms with Gasteiger partial charge < -0.3 is 4.74 Å². The van der Waals surface area contributed by atoms with E-state index in [9.17, 15) is 22.4 Å². The van der Waals surface area contributed by atoms with Crippen LogP contribution in [0.1, 0.15) is 21.7 Å². The molecule has 0 aliphatic rings.